The lowest BCUT2D eigenvalue weighted by Gasteiger charge is -2.13. The van der Waals surface area contributed by atoms with Gasteiger partial charge in [0.1, 0.15) is 11.7 Å². The molecule has 0 fully saturated rings. The number of ketones is 1. The van der Waals surface area contributed by atoms with Crippen molar-refractivity contribution in [2.45, 2.75) is 19.9 Å². The van der Waals surface area contributed by atoms with Gasteiger partial charge in [0.25, 0.3) is 0 Å². The molecule has 0 spiro atoms. The fraction of sp³-hybridized carbons (Fsp3) is 0.273. The van der Waals surface area contributed by atoms with Gasteiger partial charge >= 0.3 is 0 Å². The second-order valence-electron chi connectivity index (χ2n) is 6.52. The first-order chi connectivity index (χ1) is 14.0. The van der Waals surface area contributed by atoms with E-state index in [1.807, 2.05) is 31.2 Å². The number of nitrogens with one attached hydrogen (secondary N) is 3. The Morgan fingerprint density at radius 2 is 2.10 bits per heavy atom. The first kappa shape index (κ1) is 21.9. The number of aromatic nitrogens is 1. The van der Waals surface area contributed by atoms with Crippen LogP contribution in [0.5, 0.6) is 0 Å². The van der Waals surface area contributed by atoms with Crippen molar-refractivity contribution in [2.24, 2.45) is 5.73 Å². The van der Waals surface area contributed by atoms with Crippen molar-refractivity contribution in [3.63, 3.8) is 0 Å². The SMILES string of the molecule is C#CCNCCCn1c(NC=C)c(C(=N)N)c(-c2ccc(C)cc2)c1C(=O)CF. The molecule has 152 valence electrons. The van der Waals surface area contributed by atoms with E-state index in [9.17, 15) is 9.18 Å². The number of Topliss-reactive ketones (excluding diaryl/α,β-unsaturated/α-hetero) is 1. The molecule has 7 heteroatoms. The van der Waals surface area contributed by atoms with Gasteiger partial charge in [0.05, 0.1) is 17.8 Å². The zero-order valence-corrected chi connectivity index (χ0v) is 16.5. The summed E-state index contributed by atoms with van der Waals surface area (Å²) in [6.45, 7) is 5.94. The summed E-state index contributed by atoms with van der Waals surface area (Å²) >= 11 is 0. The number of benzene rings is 1. The van der Waals surface area contributed by atoms with Crippen LogP contribution in [0.4, 0.5) is 10.2 Å². The van der Waals surface area contributed by atoms with Crippen LogP contribution in [0, 0.1) is 24.7 Å². The van der Waals surface area contributed by atoms with Crippen LogP contribution in [-0.2, 0) is 6.54 Å². The molecule has 2 aromatic rings. The highest BCUT2D eigenvalue weighted by molar-refractivity contribution is 6.13. The van der Waals surface area contributed by atoms with Crippen LogP contribution in [0.2, 0.25) is 0 Å². The lowest BCUT2D eigenvalue weighted by Crippen LogP contribution is -2.19. The summed E-state index contributed by atoms with van der Waals surface area (Å²) in [7, 11) is 0. The molecule has 0 aliphatic carbocycles. The fourth-order valence-corrected chi connectivity index (χ4v) is 3.23. The van der Waals surface area contributed by atoms with Gasteiger partial charge in [0, 0.05) is 12.1 Å². The lowest BCUT2D eigenvalue weighted by atomic mass is 9.98. The zero-order chi connectivity index (χ0) is 21.4. The van der Waals surface area contributed by atoms with Gasteiger partial charge in [-0.25, -0.2) is 4.39 Å². The number of nitrogens with two attached hydrogens (primary N) is 1. The molecule has 0 bridgehead atoms. The second-order valence-corrected chi connectivity index (χ2v) is 6.52. The quantitative estimate of drug-likeness (QED) is 0.155. The van der Waals surface area contributed by atoms with Crippen molar-refractivity contribution >= 4 is 17.4 Å². The minimum absolute atomic E-state index is 0.183. The molecular weight excluding hydrogens is 369 g/mol. The van der Waals surface area contributed by atoms with Crippen molar-refractivity contribution < 1.29 is 9.18 Å². The predicted octanol–water partition coefficient (Wildman–Crippen LogP) is 3.07. The minimum Gasteiger partial charge on any atom is -0.384 e. The van der Waals surface area contributed by atoms with Crippen molar-refractivity contribution in [1.29, 1.82) is 5.41 Å². The van der Waals surface area contributed by atoms with E-state index in [2.05, 4.69) is 23.1 Å². The summed E-state index contributed by atoms with van der Waals surface area (Å²) < 4.78 is 15.2. The Balaban J connectivity index is 2.69. The van der Waals surface area contributed by atoms with Gasteiger partial charge < -0.3 is 20.9 Å². The summed E-state index contributed by atoms with van der Waals surface area (Å²) in [6.07, 6.45) is 7.32. The molecule has 0 radical (unpaired) electrons. The zero-order valence-electron chi connectivity index (χ0n) is 16.5. The molecule has 1 heterocycles. The molecule has 2 rings (SSSR count). The number of aryl methyl sites for hydroxylation is 1. The number of anilines is 1. The molecule has 1 aromatic heterocycles. The highest BCUT2D eigenvalue weighted by Crippen LogP contribution is 2.37. The number of hydrogen-bond donors (Lipinski definition) is 4. The monoisotopic (exact) mass is 395 g/mol. The van der Waals surface area contributed by atoms with Crippen LogP contribution in [0.1, 0.15) is 28.0 Å². The van der Waals surface area contributed by atoms with E-state index in [1.165, 1.54) is 6.20 Å². The smallest absolute Gasteiger partial charge is 0.210 e. The maximum Gasteiger partial charge on any atom is 0.210 e. The molecule has 1 aromatic carbocycles. The first-order valence-electron chi connectivity index (χ1n) is 9.24. The standard InChI is InChI=1S/C22H26FN5O/c1-4-11-26-12-6-13-28-20(17(29)14-23)18(16-9-7-15(3)8-10-16)19(21(24)25)22(28)27-5-2/h1,5,7-10,26-27H,2,6,11-14H2,3H3,(H3,24,25). The third-order valence-electron chi connectivity index (χ3n) is 4.46. The van der Waals surface area contributed by atoms with Crippen LogP contribution in [-0.4, -0.2) is 36.0 Å². The van der Waals surface area contributed by atoms with Crippen LogP contribution < -0.4 is 16.4 Å². The van der Waals surface area contributed by atoms with Crippen molar-refractivity contribution in [2.75, 3.05) is 25.1 Å². The minimum atomic E-state index is -1.15. The maximum absolute atomic E-state index is 13.5. The lowest BCUT2D eigenvalue weighted by molar-refractivity contribution is 0.0950. The normalized spacial score (nSPS) is 10.4. The second kappa shape index (κ2) is 10.2. The van der Waals surface area contributed by atoms with Gasteiger partial charge in [0.15, 0.2) is 6.67 Å². The molecule has 0 aliphatic heterocycles. The Hall–Kier alpha value is -3.37. The predicted molar refractivity (Wildman–Crippen MR) is 116 cm³/mol. The summed E-state index contributed by atoms with van der Waals surface area (Å²) in [5.41, 5.74) is 8.60. The molecule has 6 nitrogen and oxygen atoms in total. The maximum atomic E-state index is 13.5. The summed E-state index contributed by atoms with van der Waals surface area (Å²) in [6, 6.07) is 7.46. The van der Waals surface area contributed by atoms with E-state index < -0.39 is 12.5 Å². The van der Waals surface area contributed by atoms with Crippen molar-refractivity contribution in [3.8, 4) is 23.5 Å². The van der Waals surface area contributed by atoms with Crippen LogP contribution in [0.15, 0.2) is 37.0 Å². The molecule has 0 aliphatic rings. The molecule has 5 N–H and O–H groups in total. The van der Waals surface area contributed by atoms with Gasteiger partial charge in [-0.05, 0) is 31.7 Å². The number of amidine groups is 1. The molecular formula is C22H26FN5O. The van der Waals surface area contributed by atoms with Crippen molar-refractivity contribution in [3.05, 3.63) is 53.9 Å². The molecule has 0 amide bonds. The molecule has 29 heavy (non-hydrogen) atoms. The first-order valence-corrected chi connectivity index (χ1v) is 9.24. The number of halogens is 1. The molecule has 0 unspecified atom stereocenters. The fourth-order valence-electron chi connectivity index (χ4n) is 3.23. The third kappa shape index (κ3) is 4.92. The van der Waals surface area contributed by atoms with E-state index in [4.69, 9.17) is 17.6 Å². The van der Waals surface area contributed by atoms with Crippen molar-refractivity contribution in [1.82, 2.24) is 9.88 Å². The number of carbonyl (C=O) groups is 1. The Kier molecular flexibility index (Phi) is 7.75. The topological polar surface area (TPSA) is 95.9 Å². The Morgan fingerprint density at radius 1 is 1.41 bits per heavy atom. The third-order valence-corrected chi connectivity index (χ3v) is 4.46. The average molecular weight is 395 g/mol. The van der Waals surface area contributed by atoms with Crippen LogP contribution >= 0.6 is 0 Å². The molecule has 0 atom stereocenters. The van der Waals surface area contributed by atoms with Gasteiger partial charge in [-0.3, -0.25) is 10.2 Å². The molecule has 0 saturated carbocycles. The average Bonchev–Trinajstić information content (AvgIpc) is 3.02. The van der Waals surface area contributed by atoms with E-state index in [-0.39, 0.29) is 11.5 Å². The van der Waals surface area contributed by atoms with E-state index in [0.29, 0.717) is 48.6 Å². The van der Waals surface area contributed by atoms with E-state index in [1.54, 1.807) is 4.57 Å². The number of rotatable bonds is 11. The number of hydrogen-bond acceptors (Lipinski definition) is 4. The van der Waals surface area contributed by atoms with Gasteiger partial charge in [-0.15, -0.1) is 6.42 Å². The number of nitrogen functional groups attached to an aromatic ring is 1. The van der Waals surface area contributed by atoms with Crippen LogP contribution in [0.3, 0.4) is 0 Å². The number of carbonyl (C=O) groups excluding carboxylic acids is 1. The molecule has 0 saturated heterocycles. The number of terminal acetylenes is 1. The number of alkyl halides is 1. The van der Waals surface area contributed by atoms with Gasteiger partial charge in [0.2, 0.25) is 5.78 Å². The summed E-state index contributed by atoms with van der Waals surface area (Å²) in [5, 5.41) is 14.2. The summed E-state index contributed by atoms with van der Waals surface area (Å²) in [5.74, 6) is 2.05. The van der Waals surface area contributed by atoms with Gasteiger partial charge in [-0.2, -0.15) is 0 Å². The van der Waals surface area contributed by atoms with E-state index in [0.717, 1.165) is 5.56 Å². The Labute approximate surface area is 170 Å². The van der Waals surface area contributed by atoms with E-state index >= 15 is 0 Å². The van der Waals surface area contributed by atoms with Crippen LogP contribution in [0.25, 0.3) is 11.1 Å². The Bertz CT molecular complexity index is 938. The largest absolute Gasteiger partial charge is 0.384 e. The van der Waals surface area contributed by atoms with Gasteiger partial charge in [-0.1, -0.05) is 42.3 Å². The highest BCUT2D eigenvalue weighted by atomic mass is 19.1. The Morgan fingerprint density at radius 3 is 2.66 bits per heavy atom. The summed E-state index contributed by atoms with van der Waals surface area (Å²) in [4.78, 5) is 12.6. The highest BCUT2D eigenvalue weighted by Gasteiger charge is 2.29. The number of nitrogens with zero attached hydrogens (tertiary/aromatic N) is 1.